The number of carbonyl (C=O) groups is 3. The molecule has 7 heteroatoms. The summed E-state index contributed by atoms with van der Waals surface area (Å²) in [5.41, 5.74) is 0. The van der Waals surface area contributed by atoms with E-state index in [1.807, 2.05) is 0 Å². The third kappa shape index (κ3) is 4.70. The van der Waals surface area contributed by atoms with Gasteiger partial charge in [-0.05, 0) is 0 Å². The number of hydrogen-bond donors (Lipinski definition) is 1. The predicted octanol–water partition coefficient (Wildman–Crippen LogP) is -1.56. The lowest BCUT2D eigenvalue weighted by molar-refractivity contribution is -0.139. The summed E-state index contributed by atoms with van der Waals surface area (Å²) in [5, 5.41) is 2.60. The molecule has 0 aliphatic carbocycles. The molecular weight excluding hydrogens is 238 g/mol. The summed E-state index contributed by atoms with van der Waals surface area (Å²) in [6.45, 7) is 2.87. The second-order valence-electron chi connectivity index (χ2n) is 4.04. The summed E-state index contributed by atoms with van der Waals surface area (Å²) in [6, 6.07) is 0. The quantitative estimate of drug-likeness (QED) is 0.354. The van der Waals surface area contributed by atoms with E-state index in [0.29, 0.717) is 39.3 Å². The van der Waals surface area contributed by atoms with Crippen LogP contribution >= 0.6 is 0 Å². The number of hydrogen-bond acceptors (Lipinski definition) is 4. The van der Waals surface area contributed by atoms with Crippen molar-refractivity contribution in [2.24, 2.45) is 0 Å². The van der Waals surface area contributed by atoms with Gasteiger partial charge in [0.15, 0.2) is 0 Å². The molecule has 1 aliphatic heterocycles. The molecule has 0 atom stereocenters. The Labute approximate surface area is 106 Å². The van der Waals surface area contributed by atoms with Gasteiger partial charge in [-0.2, -0.15) is 0 Å². The van der Waals surface area contributed by atoms with Crippen LogP contribution < -0.4 is 5.32 Å². The molecule has 0 aromatic carbocycles. The van der Waals surface area contributed by atoms with Crippen LogP contribution in [0.4, 0.5) is 0 Å². The summed E-state index contributed by atoms with van der Waals surface area (Å²) < 4.78 is 4.79. The number of nitrogens with zero attached hydrogens (tertiary/aromatic N) is 2. The van der Waals surface area contributed by atoms with E-state index in [0.717, 1.165) is 6.41 Å². The van der Waals surface area contributed by atoms with Gasteiger partial charge in [0.25, 0.3) is 0 Å². The molecular formula is C11H19N3O4. The molecule has 0 aromatic rings. The predicted molar refractivity (Wildman–Crippen MR) is 63.7 cm³/mol. The lowest BCUT2D eigenvalue weighted by atomic mass is 10.3. The Hall–Kier alpha value is -1.63. The van der Waals surface area contributed by atoms with Crippen LogP contribution in [0.3, 0.4) is 0 Å². The van der Waals surface area contributed by atoms with Crippen LogP contribution in [0.25, 0.3) is 0 Å². The summed E-state index contributed by atoms with van der Waals surface area (Å²) in [4.78, 5) is 36.9. The maximum absolute atomic E-state index is 11.8. The lowest BCUT2D eigenvalue weighted by Gasteiger charge is -2.32. The van der Waals surface area contributed by atoms with E-state index in [2.05, 4.69) is 5.32 Å². The van der Waals surface area contributed by atoms with E-state index in [9.17, 15) is 14.4 Å². The van der Waals surface area contributed by atoms with Gasteiger partial charge in [-0.3, -0.25) is 14.4 Å². The topological polar surface area (TPSA) is 79.0 Å². The van der Waals surface area contributed by atoms with E-state index in [-0.39, 0.29) is 18.2 Å². The highest BCUT2D eigenvalue weighted by molar-refractivity contribution is 5.96. The second kappa shape index (κ2) is 7.65. The molecule has 0 spiro atoms. The average Bonchev–Trinajstić information content (AvgIpc) is 2.39. The molecule has 0 unspecified atom stereocenters. The van der Waals surface area contributed by atoms with E-state index < -0.39 is 0 Å². The SMILES string of the molecule is COCCNC(=O)CC(=O)N1CCN(C=O)CC1. The largest absolute Gasteiger partial charge is 0.383 e. The number of amides is 3. The highest BCUT2D eigenvalue weighted by Gasteiger charge is 2.21. The molecule has 0 radical (unpaired) electrons. The van der Waals surface area contributed by atoms with Crippen molar-refractivity contribution in [3.05, 3.63) is 0 Å². The van der Waals surface area contributed by atoms with Crippen LogP contribution in [-0.4, -0.2) is 74.5 Å². The molecule has 7 nitrogen and oxygen atoms in total. The smallest absolute Gasteiger partial charge is 0.232 e. The molecule has 3 amide bonds. The van der Waals surface area contributed by atoms with Gasteiger partial charge in [-0.25, -0.2) is 0 Å². The third-order valence-electron chi connectivity index (χ3n) is 2.76. The number of methoxy groups -OCH3 is 1. The number of piperazine rings is 1. The molecule has 1 heterocycles. The minimum atomic E-state index is -0.296. The molecule has 1 saturated heterocycles. The van der Waals surface area contributed by atoms with Gasteiger partial charge in [0.1, 0.15) is 6.42 Å². The van der Waals surface area contributed by atoms with Crippen molar-refractivity contribution in [2.45, 2.75) is 6.42 Å². The van der Waals surface area contributed by atoms with Crippen molar-refractivity contribution >= 4 is 18.2 Å². The molecule has 1 N–H and O–H groups in total. The summed E-state index contributed by atoms with van der Waals surface area (Å²) in [6.07, 6.45) is 0.629. The van der Waals surface area contributed by atoms with Gasteiger partial charge in [0.05, 0.1) is 6.61 Å². The standard InChI is InChI=1S/C11H19N3O4/c1-18-7-2-12-10(16)8-11(17)14-5-3-13(9-15)4-6-14/h9H,2-8H2,1H3,(H,12,16). The molecule has 1 aliphatic rings. The zero-order chi connectivity index (χ0) is 13.4. The monoisotopic (exact) mass is 257 g/mol. The highest BCUT2D eigenvalue weighted by Crippen LogP contribution is 2.02. The first kappa shape index (κ1) is 14.4. The Bertz CT molecular complexity index is 301. The van der Waals surface area contributed by atoms with Crippen molar-refractivity contribution < 1.29 is 19.1 Å². The fourth-order valence-corrected chi connectivity index (χ4v) is 1.68. The normalized spacial score (nSPS) is 15.4. The Kier molecular flexibility index (Phi) is 6.13. The van der Waals surface area contributed by atoms with Crippen LogP contribution in [-0.2, 0) is 19.1 Å². The van der Waals surface area contributed by atoms with Crippen LogP contribution in [0, 0.1) is 0 Å². The van der Waals surface area contributed by atoms with Crippen LogP contribution in [0.1, 0.15) is 6.42 Å². The van der Waals surface area contributed by atoms with Crippen molar-refractivity contribution in [1.82, 2.24) is 15.1 Å². The maximum Gasteiger partial charge on any atom is 0.232 e. The van der Waals surface area contributed by atoms with Crippen molar-refractivity contribution in [3.63, 3.8) is 0 Å². The van der Waals surface area contributed by atoms with Crippen LogP contribution in [0.5, 0.6) is 0 Å². The first-order valence-corrected chi connectivity index (χ1v) is 5.90. The zero-order valence-corrected chi connectivity index (χ0v) is 10.6. The fraction of sp³-hybridized carbons (Fsp3) is 0.727. The van der Waals surface area contributed by atoms with Crippen molar-refractivity contribution in [2.75, 3.05) is 46.4 Å². The van der Waals surface area contributed by atoms with E-state index >= 15 is 0 Å². The van der Waals surface area contributed by atoms with Crippen molar-refractivity contribution in [3.8, 4) is 0 Å². The molecule has 18 heavy (non-hydrogen) atoms. The average molecular weight is 257 g/mol. The molecule has 1 rings (SSSR count). The van der Waals surface area contributed by atoms with E-state index in [4.69, 9.17) is 4.74 Å². The van der Waals surface area contributed by atoms with Gasteiger partial charge in [-0.1, -0.05) is 0 Å². The number of ether oxygens (including phenoxy) is 1. The minimum Gasteiger partial charge on any atom is -0.383 e. The zero-order valence-electron chi connectivity index (χ0n) is 10.6. The molecule has 0 aromatic heterocycles. The first-order chi connectivity index (χ1) is 8.67. The molecule has 102 valence electrons. The van der Waals surface area contributed by atoms with Crippen LogP contribution in [0.2, 0.25) is 0 Å². The Morgan fingerprint density at radius 2 is 1.94 bits per heavy atom. The summed E-state index contributed by atoms with van der Waals surface area (Å²) in [5.74, 6) is -0.495. The number of nitrogens with one attached hydrogen (secondary N) is 1. The number of carbonyl (C=O) groups excluding carboxylic acids is 3. The summed E-state index contributed by atoms with van der Waals surface area (Å²) in [7, 11) is 1.55. The second-order valence-corrected chi connectivity index (χ2v) is 4.04. The fourth-order valence-electron chi connectivity index (χ4n) is 1.68. The number of rotatable bonds is 6. The van der Waals surface area contributed by atoms with Gasteiger partial charge in [-0.15, -0.1) is 0 Å². The lowest BCUT2D eigenvalue weighted by Crippen LogP contribution is -2.49. The summed E-state index contributed by atoms with van der Waals surface area (Å²) >= 11 is 0. The van der Waals surface area contributed by atoms with Crippen LogP contribution in [0.15, 0.2) is 0 Å². The van der Waals surface area contributed by atoms with Gasteiger partial charge in [0.2, 0.25) is 18.2 Å². The van der Waals surface area contributed by atoms with E-state index in [1.165, 1.54) is 0 Å². The first-order valence-electron chi connectivity index (χ1n) is 5.90. The third-order valence-corrected chi connectivity index (χ3v) is 2.76. The maximum atomic E-state index is 11.8. The molecule has 0 bridgehead atoms. The highest BCUT2D eigenvalue weighted by atomic mass is 16.5. The van der Waals surface area contributed by atoms with Gasteiger partial charge in [0, 0.05) is 39.8 Å². The van der Waals surface area contributed by atoms with Gasteiger partial charge < -0.3 is 19.9 Å². The van der Waals surface area contributed by atoms with E-state index in [1.54, 1.807) is 16.9 Å². The minimum absolute atomic E-state index is 0.148. The Balaban J connectivity index is 2.24. The van der Waals surface area contributed by atoms with Gasteiger partial charge >= 0.3 is 0 Å². The van der Waals surface area contributed by atoms with Crippen molar-refractivity contribution in [1.29, 1.82) is 0 Å². The molecule has 1 fully saturated rings. The molecule has 0 saturated carbocycles. The Morgan fingerprint density at radius 1 is 1.28 bits per heavy atom. The Morgan fingerprint density at radius 3 is 2.50 bits per heavy atom.